The summed E-state index contributed by atoms with van der Waals surface area (Å²) in [6, 6.07) is 12.1. The third-order valence-corrected chi connectivity index (χ3v) is 7.60. The molecule has 11 heteroatoms. The molecule has 0 bridgehead atoms. The molecule has 34 heavy (non-hydrogen) atoms. The number of ether oxygens (including phenoxy) is 2. The van der Waals surface area contributed by atoms with Crippen molar-refractivity contribution in [2.45, 2.75) is 24.3 Å². The zero-order valence-electron chi connectivity index (χ0n) is 18.8. The van der Waals surface area contributed by atoms with Crippen LogP contribution in [-0.2, 0) is 22.0 Å². The van der Waals surface area contributed by atoms with Crippen molar-refractivity contribution in [1.29, 1.82) is 0 Å². The van der Waals surface area contributed by atoms with Crippen LogP contribution >= 0.6 is 11.6 Å². The number of benzene rings is 1. The van der Waals surface area contributed by atoms with E-state index in [0.29, 0.717) is 39.5 Å². The quantitative estimate of drug-likeness (QED) is 0.336. The molecule has 0 aliphatic rings. The lowest BCUT2D eigenvalue weighted by molar-refractivity contribution is 0.390. The first-order valence-electron chi connectivity index (χ1n) is 10.4. The van der Waals surface area contributed by atoms with E-state index in [4.69, 9.17) is 25.5 Å². The number of hydrogen-bond acceptors (Lipinski definition) is 8. The second-order valence-corrected chi connectivity index (χ2v) is 10.4. The van der Waals surface area contributed by atoms with Crippen LogP contribution in [0.4, 0.5) is 0 Å². The number of hydrogen-bond donors (Lipinski definition) is 0. The van der Waals surface area contributed by atoms with Gasteiger partial charge < -0.3 is 13.9 Å². The fourth-order valence-electron chi connectivity index (χ4n) is 3.53. The summed E-state index contributed by atoms with van der Waals surface area (Å²) >= 11 is 5.89. The van der Waals surface area contributed by atoms with Gasteiger partial charge in [0.25, 0.3) is 0 Å². The van der Waals surface area contributed by atoms with Crippen molar-refractivity contribution in [1.82, 2.24) is 19.7 Å². The molecule has 0 N–H and O–H groups in total. The Bertz CT molecular complexity index is 1350. The Morgan fingerprint density at radius 2 is 1.79 bits per heavy atom. The largest absolute Gasteiger partial charge is 0.494 e. The number of pyridine rings is 1. The summed E-state index contributed by atoms with van der Waals surface area (Å²) in [5, 5.41) is 8.22. The van der Waals surface area contributed by atoms with Gasteiger partial charge in [0.2, 0.25) is 5.82 Å². The van der Waals surface area contributed by atoms with Crippen LogP contribution in [0.1, 0.15) is 18.4 Å². The monoisotopic (exact) mass is 502 g/mol. The Kier molecular flexibility index (Phi) is 6.90. The molecule has 0 radical (unpaired) electrons. The number of nitrogens with zero attached hydrogens (tertiary/aromatic N) is 4. The van der Waals surface area contributed by atoms with Gasteiger partial charge in [-0.15, -0.1) is 10.2 Å². The van der Waals surface area contributed by atoms with Crippen LogP contribution in [0, 0.1) is 0 Å². The highest BCUT2D eigenvalue weighted by Gasteiger charge is 2.29. The predicted molar refractivity (Wildman–Crippen MR) is 127 cm³/mol. The van der Waals surface area contributed by atoms with Gasteiger partial charge in [0, 0.05) is 18.3 Å². The molecule has 4 rings (SSSR count). The number of rotatable bonds is 9. The maximum Gasteiger partial charge on any atom is 0.204 e. The number of furan rings is 1. The molecule has 0 aliphatic carbocycles. The maximum absolute atomic E-state index is 13.3. The van der Waals surface area contributed by atoms with E-state index in [2.05, 4.69) is 15.2 Å². The van der Waals surface area contributed by atoms with E-state index < -0.39 is 15.1 Å². The van der Waals surface area contributed by atoms with Crippen LogP contribution in [0.3, 0.4) is 0 Å². The topological polar surface area (TPSA) is 109 Å². The van der Waals surface area contributed by atoms with Crippen molar-refractivity contribution < 1.29 is 22.3 Å². The van der Waals surface area contributed by atoms with Gasteiger partial charge in [0.05, 0.1) is 30.8 Å². The highest BCUT2D eigenvalue weighted by Crippen LogP contribution is 2.36. The molecule has 0 amide bonds. The summed E-state index contributed by atoms with van der Waals surface area (Å²) < 4.78 is 44.9. The van der Waals surface area contributed by atoms with Gasteiger partial charge in [-0.05, 0) is 43.3 Å². The van der Waals surface area contributed by atoms with Crippen LogP contribution in [-0.4, -0.2) is 47.6 Å². The van der Waals surface area contributed by atoms with Crippen LogP contribution < -0.4 is 9.47 Å². The summed E-state index contributed by atoms with van der Waals surface area (Å²) in [5.41, 5.74) is 1.10. The SMILES string of the molecule is COc1cccc(OC)c1-n1c(CS(=O)(=O)[C@@H](C)Cc2ccc(Cl)cn2)nnc1-c1ccco1. The Labute approximate surface area is 202 Å². The molecule has 0 spiro atoms. The van der Waals surface area contributed by atoms with Crippen LogP contribution in [0.5, 0.6) is 11.5 Å². The van der Waals surface area contributed by atoms with E-state index in [0.717, 1.165) is 0 Å². The molecule has 3 aromatic heterocycles. The third kappa shape index (κ3) is 4.78. The Morgan fingerprint density at radius 1 is 1.06 bits per heavy atom. The minimum absolute atomic E-state index is 0.199. The molecule has 1 atom stereocenters. The average Bonchev–Trinajstić information content (AvgIpc) is 3.49. The summed E-state index contributed by atoms with van der Waals surface area (Å²) in [4.78, 5) is 4.21. The molecule has 4 aromatic rings. The van der Waals surface area contributed by atoms with Gasteiger partial charge in [-0.1, -0.05) is 17.7 Å². The molecule has 178 valence electrons. The minimum Gasteiger partial charge on any atom is -0.494 e. The van der Waals surface area contributed by atoms with E-state index >= 15 is 0 Å². The van der Waals surface area contributed by atoms with Gasteiger partial charge in [0.1, 0.15) is 22.9 Å². The van der Waals surface area contributed by atoms with Crippen LogP contribution in [0.25, 0.3) is 17.3 Å². The van der Waals surface area contributed by atoms with Crippen molar-refractivity contribution >= 4 is 21.4 Å². The molecule has 0 saturated carbocycles. The lowest BCUT2D eigenvalue weighted by Gasteiger charge is -2.18. The fraction of sp³-hybridized carbons (Fsp3) is 0.261. The van der Waals surface area contributed by atoms with Gasteiger partial charge in [-0.2, -0.15) is 0 Å². The standard InChI is InChI=1S/C23H23ClN4O5S/c1-15(12-17-10-9-16(24)13-25-17)34(29,30)14-21-26-27-23(20-8-5-11-33-20)28(21)22-18(31-2)6-4-7-19(22)32-3/h4-11,13,15H,12,14H2,1-3H3/t15-/m0/s1. The summed E-state index contributed by atoms with van der Waals surface area (Å²) in [6.07, 6.45) is 3.23. The highest BCUT2D eigenvalue weighted by atomic mass is 35.5. The zero-order chi connectivity index (χ0) is 24.3. The minimum atomic E-state index is -3.66. The summed E-state index contributed by atoms with van der Waals surface area (Å²) in [6.45, 7) is 1.64. The smallest absolute Gasteiger partial charge is 0.204 e. The number of sulfone groups is 1. The lowest BCUT2D eigenvalue weighted by atomic mass is 10.2. The molecule has 0 saturated heterocycles. The van der Waals surface area contributed by atoms with Crippen molar-refractivity contribution in [3.8, 4) is 28.8 Å². The van der Waals surface area contributed by atoms with Crippen LogP contribution in [0.15, 0.2) is 59.3 Å². The number of methoxy groups -OCH3 is 2. The van der Waals surface area contributed by atoms with Crippen LogP contribution in [0.2, 0.25) is 5.02 Å². The first-order valence-corrected chi connectivity index (χ1v) is 12.4. The molecular weight excluding hydrogens is 480 g/mol. The lowest BCUT2D eigenvalue weighted by Crippen LogP contribution is -2.24. The van der Waals surface area contributed by atoms with Gasteiger partial charge >= 0.3 is 0 Å². The fourth-order valence-corrected chi connectivity index (χ4v) is 4.90. The second-order valence-electron chi connectivity index (χ2n) is 7.55. The van der Waals surface area contributed by atoms with E-state index in [9.17, 15) is 8.42 Å². The summed E-state index contributed by atoms with van der Waals surface area (Å²) in [7, 11) is -0.614. The number of halogens is 1. The Balaban J connectivity index is 1.77. The van der Waals surface area contributed by atoms with Gasteiger partial charge in [-0.3, -0.25) is 9.55 Å². The highest BCUT2D eigenvalue weighted by molar-refractivity contribution is 7.91. The number of aromatic nitrogens is 4. The van der Waals surface area contributed by atoms with E-state index in [-0.39, 0.29) is 18.0 Å². The Hall–Kier alpha value is -3.37. The first kappa shape index (κ1) is 23.8. The second kappa shape index (κ2) is 9.86. The van der Waals surface area contributed by atoms with E-state index in [1.54, 1.807) is 54.0 Å². The molecule has 9 nitrogen and oxygen atoms in total. The normalized spacial score (nSPS) is 12.5. The van der Waals surface area contributed by atoms with Crippen molar-refractivity contribution in [3.63, 3.8) is 0 Å². The summed E-state index contributed by atoms with van der Waals surface area (Å²) in [5.74, 6) is 1.50. The average molecular weight is 503 g/mol. The predicted octanol–water partition coefficient (Wildman–Crippen LogP) is 4.14. The first-order chi connectivity index (χ1) is 16.3. The maximum atomic E-state index is 13.3. The molecule has 0 fully saturated rings. The van der Waals surface area contributed by atoms with Crippen molar-refractivity contribution in [3.05, 3.63) is 71.5 Å². The Morgan fingerprint density at radius 3 is 2.38 bits per heavy atom. The molecular formula is C23H23ClN4O5S. The van der Waals surface area contributed by atoms with Gasteiger partial charge in [0.15, 0.2) is 21.4 Å². The number of para-hydroxylation sites is 1. The van der Waals surface area contributed by atoms with E-state index in [1.807, 2.05) is 0 Å². The molecule has 0 unspecified atom stereocenters. The third-order valence-electron chi connectivity index (χ3n) is 5.33. The van der Waals surface area contributed by atoms with Crippen molar-refractivity contribution in [2.24, 2.45) is 0 Å². The van der Waals surface area contributed by atoms with Crippen molar-refractivity contribution in [2.75, 3.05) is 14.2 Å². The van der Waals surface area contributed by atoms with Gasteiger partial charge in [-0.25, -0.2) is 8.42 Å². The molecule has 1 aromatic carbocycles. The molecule has 0 aliphatic heterocycles. The van der Waals surface area contributed by atoms with E-state index in [1.165, 1.54) is 26.7 Å². The zero-order valence-corrected chi connectivity index (χ0v) is 20.4. The molecule has 3 heterocycles.